The Labute approximate surface area is 100 Å². The van der Waals surface area contributed by atoms with E-state index in [1.54, 1.807) is 0 Å². The summed E-state index contributed by atoms with van der Waals surface area (Å²) in [5.41, 5.74) is 0. The van der Waals surface area contributed by atoms with Crippen LogP contribution in [0.3, 0.4) is 0 Å². The van der Waals surface area contributed by atoms with E-state index < -0.39 is 46.9 Å². The van der Waals surface area contributed by atoms with E-state index >= 15 is 0 Å². The van der Waals surface area contributed by atoms with E-state index in [9.17, 15) is 33.5 Å². The van der Waals surface area contributed by atoms with Gasteiger partial charge in [0.1, 0.15) is 18.8 Å². The third kappa shape index (κ3) is 8.84. The minimum atomic E-state index is -5.42. The van der Waals surface area contributed by atoms with Crippen LogP contribution in [0.25, 0.3) is 0 Å². The van der Waals surface area contributed by atoms with Crippen LogP contribution in [0, 0.1) is 0 Å². The van der Waals surface area contributed by atoms with Gasteiger partial charge in [-0.1, -0.05) is 0 Å². The lowest BCUT2D eigenvalue weighted by atomic mass is 10.1. The lowest BCUT2D eigenvalue weighted by molar-refractivity contribution is -0.343. The Morgan fingerprint density at radius 1 is 1.06 bits per heavy atom. The molecule has 0 aromatic carbocycles. The van der Waals surface area contributed by atoms with Crippen LogP contribution in [-0.4, -0.2) is 41.4 Å². The summed E-state index contributed by atoms with van der Waals surface area (Å²) in [6.45, 7) is -2.54. The van der Waals surface area contributed by atoms with Crippen molar-refractivity contribution in [3.05, 3.63) is 0 Å². The van der Waals surface area contributed by atoms with Crippen LogP contribution in [0.15, 0.2) is 0 Å². The van der Waals surface area contributed by atoms with Crippen LogP contribution in [0.5, 0.6) is 0 Å². The molecule has 108 valence electrons. The number of aliphatic hydroxyl groups excluding tert-OH is 2. The quantitative estimate of drug-likeness (QED) is 0.406. The van der Waals surface area contributed by atoms with E-state index in [1.807, 2.05) is 0 Å². The molecule has 0 aliphatic rings. The fourth-order valence-electron chi connectivity index (χ4n) is 0.701. The molecule has 0 spiro atoms. The Morgan fingerprint density at radius 2 is 1.50 bits per heavy atom. The summed E-state index contributed by atoms with van der Waals surface area (Å²) in [6, 6.07) is 0. The predicted molar refractivity (Wildman–Crippen MR) is 44.1 cm³/mol. The third-order valence-corrected chi connectivity index (χ3v) is 2.37. The minimum Gasteiger partial charge on any atom is -0.790 e. The summed E-state index contributed by atoms with van der Waals surface area (Å²) in [7, 11) is -10.8. The molecule has 0 aromatic heterocycles. The average Bonchev–Trinajstić information content (AvgIpc) is 2.19. The Balaban J connectivity index is 4.21. The SMILES string of the molecule is O=C(COP(=O)([O-])[O-])[C@@H](O)[C@H](O)COP(=O)([O-])[O-]. The van der Waals surface area contributed by atoms with Crippen molar-refractivity contribution in [2.45, 2.75) is 12.2 Å². The maximum atomic E-state index is 10.9. The van der Waals surface area contributed by atoms with Gasteiger partial charge >= 0.3 is 0 Å². The highest BCUT2D eigenvalue weighted by Gasteiger charge is 2.24. The van der Waals surface area contributed by atoms with Gasteiger partial charge in [0.15, 0.2) is 5.78 Å². The largest absolute Gasteiger partial charge is 0.790 e. The van der Waals surface area contributed by atoms with Gasteiger partial charge in [-0.25, -0.2) is 0 Å². The van der Waals surface area contributed by atoms with E-state index in [4.69, 9.17) is 10.2 Å². The van der Waals surface area contributed by atoms with Gasteiger partial charge in [0, 0.05) is 0 Å². The smallest absolute Gasteiger partial charge is 0.189 e. The number of phosphoric acid groups is 2. The summed E-state index contributed by atoms with van der Waals surface area (Å²) < 4.78 is 27.1. The zero-order valence-corrected chi connectivity index (χ0v) is 10.3. The summed E-state index contributed by atoms with van der Waals surface area (Å²) in [6.07, 6.45) is -4.38. The van der Waals surface area contributed by atoms with Crippen molar-refractivity contribution < 1.29 is 52.8 Å². The second-order valence-corrected chi connectivity index (χ2v) is 5.25. The Morgan fingerprint density at radius 3 is 1.89 bits per heavy atom. The van der Waals surface area contributed by atoms with Crippen molar-refractivity contribution >= 4 is 21.4 Å². The number of rotatable bonds is 8. The lowest BCUT2D eigenvalue weighted by Crippen LogP contribution is -2.40. The molecule has 0 unspecified atom stereocenters. The summed E-state index contributed by atoms with van der Waals surface area (Å²) in [5, 5.41) is 18.0. The van der Waals surface area contributed by atoms with Gasteiger partial charge in [-0.2, -0.15) is 0 Å². The predicted octanol–water partition coefficient (Wildman–Crippen LogP) is -5.03. The zero-order valence-electron chi connectivity index (χ0n) is 8.53. The standard InChI is InChI=1S/C5H12O11P2/c6-3(1-15-17(9,10)11)5(8)4(7)2-16-18(12,13)14/h3,5-6,8H,1-2H2,(H2,9,10,11)(H2,12,13,14)/p-4/t3-,5+/m1/s1. The monoisotopic (exact) mass is 306 g/mol. The average molecular weight is 306 g/mol. The maximum Gasteiger partial charge on any atom is 0.189 e. The number of hydrogen-bond acceptors (Lipinski definition) is 11. The Bertz CT molecular complexity index is 368. The molecule has 0 saturated carbocycles. The van der Waals surface area contributed by atoms with Crippen LogP contribution in [0.1, 0.15) is 0 Å². The number of hydrogen-bond donors (Lipinski definition) is 2. The number of phosphoric ester groups is 2. The first-order chi connectivity index (χ1) is 7.92. The van der Waals surface area contributed by atoms with Crippen LogP contribution in [0.4, 0.5) is 0 Å². The first-order valence-corrected chi connectivity index (χ1v) is 7.06. The van der Waals surface area contributed by atoms with E-state index in [1.165, 1.54) is 0 Å². The van der Waals surface area contributed by atoms with E-state index in [0.717, 1.165) is 0 Å². The summed E-state index contributed by atoms with van der Waals surface area (Å²) in [5.74, 6) is -1.41. The van der Waals surface area contributed by atoms with Crippen LogP contribution in [-0.2, 0) is 23.0 Å². The number of Topliss-reactive ketones (excluding diaryl/α,β-unsaturated/α-hetero) is 1. The van der Waals surface area contributed by atoms with Crippen LogP contribution in [0.2, 0.25) is 0 Å². The van der Waals surface area contributed by atoms with Gasteiger partial charge in [0.05, 0.1) is 22.3 Å². The molecular formula is C5H8O11P2-4. The van der Waals surface area contributed by atoms with Crippen molar-refractivity contribution in [1.82, 2.24) is 0 Å². The van der Waals surface area contributed by atoms with Gasteiger partial charge < -0.3 is 48.0 Å². The Kier molecular flexibility index (Phi) is 6.75. The highest BCUT2D eigenvalue weighted by molar-refractivity contribution is 7.43. The lowest BCUT2D eigenvalue weighted by Gasteiger charge is -2.31. The molecule has 0 aliphatic heterocycles. The molecule has 0 amide bonds. The highest BCUT2D eigenvalue weighted by atomic mass is 31.2. The molecule has 0 saturated heterocycles. The first kappa shape index (κ1) is 17.8. The van der Waals surface area contributed by atoms with E-state index in [-0.39, 0.29) is 0 Å². The number of aliphatic hydroxyl groups is 2. The fourth-order valence-corrected chi connectivity index (χ4v) is 1.32. The molecule has 0 rings (SSSR count). The fraction of sp³-hybridized carbons (Fsp3) is 0.800. The van der Waals surface area contributed by atoms with Crippen LogP contribution >= 0.6 is 15.6 Å². The summed E-state index contributed by atoms with van der Waals surface area (Å²) >= 11 is 0. The van der Waals surface area contributed by atoms with Crippen LogP contribution < -0.4 is 19.6 Å². The van der Waals surface area contributed by atoms with E-state index in [0.29, 0.717) is 0 Å². The zero-order chi connectivity index (χ0) is 14.6. The van der Waals surface area contributed by atoms with Crippen molar-refractivity contribution in [3.8, 4) is 0 Å². The molecule has 0 aliphatic carbocycles. The normalized spacial score (nSPS) is 16.3. The molecule has 0 aromatic rings. The number of carbonyl (C=O) groups is 1. The molecule has 13 heteroatoms. The Hall–Kier alpha value is -0.190. The van der Waals surface area contributed by atoms with Gasteiger partial charge in [-0.3, -0.25) is 4.79 Å². The van der Waals surface area contributed by atoms with Crippen molar-refractivity contribution in [2.24, 2.45) is 0 Å². The molecule has 18 heavy (non-hydrogen) atoms. The molecule has 2 N–H and O–H groups in total. The molecule has 0 fully saturated rings. The second-order valence-electron chi connectivity index (χ2n) is 2.94. The summed E-state index contributed by atoms with van der Waals surface area (Å²) in [4.78, 5) is 51.0. The number of carbonyl (C=O) groups excluding carboxylic acids is 1. The molecule has 0 bridgehead atoms. The maximum absolute atomic E-state index is 10.9. The molecular weight excluding hydrogens is 298 g/mol. The molecule has 2 atom stereocenters. The van der Waals surface area contributed by atoms with Gasteiger partial charge in [-0.05, 0) is 0 Å². The van der Waals surface area contributed by atoms with Gasteiger partial charge in [0.25, 0.3) is 0 Å². The van der Waals surface area contributed by atoms with Gasteiger partial charge in [-0.15, -0.1) is 0 Å². The topological polar surface area (TPSA) is 202 Å². The van der Waals surface area contributed by atoms with E-state index in [2.05, 4.69) is 9.05 Å². The third-order valence-electron chi connectivity index (χ3n) is 1.46. The van der Waals surface area contributed by atoms with Gasteiger partial charge in [0.2, 0.25) is 0 Å². The van der Waals surface area contributed by atoms with Crippen molar-refractivity contribution in [2.75, 3.05) is 13.2 Å². The molecule has 0 radical (unpaired) electrons. The first-order valence-electron chi connectivity index (χ1n) is 4.14. The second kappa shape index (κ2) is 6.83. The van der Waals surface area contributed by atoms with Crippen molar-refractivity contribution in [3.63, 3.8) is 0 Å². The number of ketones is 1. The molecule has 0 heterocycles. The highest BCUT2D eigenvalue weighted by Crippen LogP contribution is 2.25. The minimum absolute atomic E-state index is 1.20. The van der Waals surface area contributed by atoms with Crippen molar-refractivity contribution in [1.29, 1.82) is 0 Å². The molecule has 11 nitrogen and oxygen atoms in total.